The van der Waals surface area contributed by atoms with Gasteiger partial charge in [0, 0.05) is 17.4 Å². The number of amides is 1. The Morgan fingerprint density at radius 1 is 1.00 bits per heavy atom. The maximum Gasteiger partial charge on any atom is 0.290 e. The van der Waals surface area contributed by atoms with Crippen LogP contribution in [0.5, 0.6) is 11.7 Å². The predicted octanol–water partition coefficient (Wildman–Crippen LogP) is 3.61. The van der Waals surface area contributed by atoms with Crippen molar-refractivity contribution in [2.24, 2.45) is 0 Å². The fraction of sp³-hybridized carbons (Fsp3) is 0.105. The fourth-order valence-electron chi connectivity index (χ4n) is 2.21. The molecule has 0 saturated carbocycles. The van der Waals surface area contributed by atoms with E-state index in [0.29, 0.717) is 23.9 Å². The second-order valence-corrected chi connectivity index (χ2v) is 5.28. The van der Waals surface area contributed by atoms with E-state index in [-0.39, 0.29) is 0 Å². The highest BCUT2D eigenvalue weighted by Crippen LogP contribution is 2.24. The largest absolute Gasteiger partial charge is 0.429 e. The first kappa shape index (κ1) is 16.6. The lowest BCUT2D eigenvalue weighted by molar-refractivity contribution is -0.118. The molecule has 0 aliphatic rings. The Balaban J connectivity index is 1.57. The van der Waals surface area contributed by atoms with E-state index in [1.807, 2.05) is 42.5 Å². The Morgan fingerprint density at radius 3 is 2.60 bits per heavy atom. The van der Waals surface area contributed by atoms with Gasteiger partial charge in [0.2, 0.25) is 5.91 Å². The van der Waals surface area contributed by atoms with Crippen LogP contribution < -0.4 is 15.4 Å². The number of benzene rings is 2. The summed E-state index contributed by atoms with van der Waals surface area (Å²) in [5.74, 6) is 1.40. The summed E-state index contributed by atoms with van der Waals surface area (Å²) >= 11 is 0. The summed E-state index contributed by atoms with van der Waals surface area (Å²) in [6.07, 6.45) is 0. The summed E-state index contributed by atoms with van der Waals surface area (Å²) in [5.41, 5.74) is 1.43. The monoisotopic (exact) mass is 338 g/mol. The van der Waals surface area contributed by atoms with Gasteiger partial charge in [-0.25, -0.2) is 0 Å². The molecule has 1 heterocycles. The van der Waals surface area contributed by atoms with Crippen molar-refractivity contribution in [2.45, 2.75) is 6.54 Å². The Bertz CT molecular complexity index is 830. The lowest BCUT2D eigenvalue weighted by Crippen LogP contribution is -2.15. The smallest absolute Gasteiger partial charge is 0.290 e. The number of carbonyl (C=O) groups is 1. The second-order valence-electron chi connectivity index (χ2n) is 5.28. The summed E-state index contributed by atoms with van der Waals surface area (Å²) in [6.45, 7) is -0.0796. The van der Waals surface area contributed by atoms with Crippen molar-refractivity contribution in [3.8, 4) is 11.7 Å². The summed E-state index contributed by atoms with van der Waals surface area (Å²) in [6, 6.07) is 20.2. The van der Waals surface area contributed by atoms with Crippen molar-refractivity contribution in [3.63, 3.8) is 0 Å². The lowest BCUT2D eigenvalue weighted by atomic mass is 10.2. The predicted molar refractivity (Wildman–Crippen MR) is 94.7 cm³/mol. The molecule has 6 nitrogen and oxygen atoms in total. The van der Waals surface area contributed by atoms with E-state index in [1.54, 1.807) is 24.3 Å². The number of carbonyl (C=O) groups excluding carboxylic acids is 1. The summed E-state index contributed by atoms with van der Waals surface area (Å²) in [5, 5.41) is 14.6. The highest BCUT2D eigenvalue weighted by molar-refractivity contribution is 5.91. The number of rotatable bonds is 7. The third-order valence-electron chi connectivity index (χ3n) is 3.36. The topological polar surface area (TPSA) is 83.7 Å². The first-order valence-electron chi connectivity index (χ1n) is 7.79. The molecule has 0 fully saturated rings. The number of hydrogen-bond donors (Lipinski definition) is 3. The Morgan fingerprint density at radius 2 is 1.80 bits per heavy atom. The molecular formula is C19H18N2O4. The SMILES string of the molecule is O=C(CO)Nc1cccc(NCc2ccc(Oc3ccccc3)o2)c1. The number of aliphatic hydroxyl groups excluding tert-OH is 1. The maximum absolute atomic E-state index is 11.2. The molecule has 6 heteroatoms. The molecular weight excluding hydrogens is 320 g/mol. The molecule has 1 amide bonds. The van der Waals surface area contributed by atoms with E-state index >= 15 is 0 Å². The second kappa shape index (κ2) is 8.03. The van der Waals surface area contributed by atoms with Gasteiger partial charge in [0.25, 0.3) is 5.95 Å². The molecule has 0 radical (unpaired) electrons. The number of anilines is 2. The number of ether oxygens (including phenoxy) is 1. The first-order chi connectivity index (χ1) is 12.2. The van der Waals surface area contributed by atoms with Gasteiger partial charge in [-0.05, 0) is 36.4 Å². The number of furan rings is 1. The van der Waals surface area contributed by atoms with E-state index in [9.17, 15) is 4.79 Å². The molecule has 0 aliphatic carbocycles. The molecule has 0 unspecified atom stereocenters. The van der Waals surface area contributed by atoms with Crippen LogP contribution >= 0.6 is 0 Å². The minimum Gasteiger partial charge on any atom is -0.429 e. The third kappa shape index (κ3) is 4.86. The van der Waals surface area contributed by atoms with E-state index in [1.165, 1.54) is 0 Å². The van der Waals surface area contributed by atoms with E-state index < -0.39 is 12.5 Å². The molecule has 128 valence electrons. The molecule has 0 spiro atoms. The molecule has 25 heavy (non-hydrogen) atoms. The van der Waals surface area contributed by atoms with Crippen molar-refractivity contribution in [1.82, 2.24) is 0 Å². The van der Waals surface area contributed by atoms with E-state index in [2.05, 4.69) is 10.6 Å². The summed E-state index contributed by atoms with van der Waals surface area (Å²) in [7, 11) is 0. The normalized spacial score (nSPS) is 10.3. The Hall–Kier alpha value is -3.25. The molecule has 1 aromatic heterocycles. The molecule has 0 saturated heterocycles. The van der Waals surface area contributed by atoms with Crippen LogP contribution in [0.4, 0.5) is 11.4 Å². The summed E-state index contributed by atoms with van der Waals surface area (Å²) in [4.78, 5) is 11.2. The number of aliphatic hydroxyl groups is 1. The number of nitrogens with one attached hydrogen (secondary N) is 2. The van der Waals surface area contributed by atoms with Gasteiger partial charge in [0.15, 0.2) is 0 Å². The van der Waals surface area contributed by atoms with Gasteiger partial charge in [0.05, 0.1) is 6.54 Å². The van der Waals surface area contributed by atoms with Gasteiger partial charge < -0.3 is 24.9 Å². The van der Waals surface area contributed by atoms with Gasteiger partial charge in [-0.1, -0.05) is 24.3 Å². The quantitative estimate of drug-likeness (QED) is 0.613. The van der Waals surface area contributed by atoms with Crippen molar-refractivity contribution in [2.75, 3.05) is 17.2 Å². The average Bonchev–Trinajstić information content (AvgIpc) is 3.08. The van der Waals surface area contributed by atoms with Gasteiger partial charge in [-0.15, -0.1) is 0 Å². The third-order valence-corrected chi connectivity index (χ3v) is 3.36. The molecule has 3 aromatic rings. The Kier molecular flexibility index (Phi) is 5.33. The Labute approximate surface area is 145 Å². The van der Waals surface area contributed by atoms with Crippen molar-refractivity contribution < 1.29 is 19.1 Å². The molecule has 0 aliphatic heterocycles. The standard InChI is InChI=1S/C19H18N2O4/c22-13-18(23)21-15-6-4-5-14(11-15)20-12-17-9-10-19(25-17)24-16-7-2-1-3-8-16/h1-11,20,22H,12-13H2,(H,21,23). The van der Waals surface area contributed by atoms with Gasteiger partial charge in [-0.3, -0.25) is 4.79 Å². The van der Waals surface area contributed by atoms with Crippen molar-refractivity contribution >= 4 is 17.3 Å². The maximum atomic E-state index is 11.2. The van der Waals surface area contributed by atoms with Crippen LogP contribution in [-0.2, 0) is 11.3 Å². The van der Waals surface area contributed by atoms with Crippen LogP contribution in [0.15, 0.2) is 71.1 Å². The van der Waals surface area contributed by atoms with Crippen molar-refractivity contribution in [3.05, 3.63) is 72.5 Å². The zero-order valence-electron chi connectivity index (χ0n) is 13.4. The molecule has 0 bridgehead atoms. The van der Waals surface area contributed by atoms with Crippen molar-refractivity contribution in [1.29, 1.82) is 0 Å². The zero-order valence-corrected chi connectivity index (χ0v) is 13.4. The molecule has 0 atom stereocenters. The van der Waals surface area contributed by atoms with Gasteiger partial charge >= 0.3 is 0 Å². The van der Waals surface area contributed by atoms with Gasteiger partial charge in [-0.2, -0.15) is 0 Å². The zero-order chi connectivity index (χ0) is 17.5. The number of para-hydroxylation sites is 1. The lowest BCUT2D eigenvalue weighted by Gasteiger charge is -2.08. The number of hydrogen-bond acceptors (Lipinski definition) is 5. The highest BCUT2D eigenvalue weighted by atomic mass is 16.6. The van der Waals surface area contributed by atoms with Crippen LogP contribution in [0, 0.1) is 0 Å². The molecule has 3 rings (SSSR count). The van der Waals surface area contributed by atoms with Crippen LogP contribution in [-0.4, -0.2) is 17.6 Å². The van der Waals surface area contributed by atoms with Gasteiger partial charge in [0.1, 0.15) is 18.1 Å². The molecule has 2 aromatic carbocycles. The first-order valence-corrected chi connectivity index (χ1v) is 7.79. The van der Waals surface area contributed by atoms with Crippen LogP contribution in [0.3, 0.4) is 0 Å². The van der Waals surface area contributed by atoms with Crippen LogP contribution in [0.2, 0.25) is 0 Å². The average molecular weight is 338 g/mol. The molecule has 3 N–H and O–H groups in total. The van der Waals surface area contributed by atoms with E-state index in [0.717, 1.165) is 11.4 Å². The highest BCUT2D eigenvalue weighted by Gasteiger charge is 2.05. The minimum atomic E-state index is -0.547. The summed E-state index contributed by atoms with van der Waals surface area (Å²) < 4.78 is 11.3. The van der Waals surface area contributed by atoms with Crippen LogP contribution in [0.25, 0.3) is 0 Å². The van der Waals surface area contributed by atoms with Crippen LogP contribution in [0.1, 0.15) is 5.76 Å². The minimum absolute atomic E-state index is 0.423. The van der Waals surface area contributed by atoms with E-state index in [4.69, 9.17) is 14.3 Å². The fourth-order valence-corrected chi connectivity index (χ4v) is 2.21.